The zero-order valence-corrected chi connectivity index (χ0v) is 13.1. The molecule has 1 aliphatic heterocycles. The van der Waals surface area contributed by atoms with Crippen LogP contribution < -0.4 is 11.1 Å². The zero-order chi connectivity index (χ0) is 16.1. The minimum absolute atomic E-state index is 0.0877. The Morgan fingerprint density at radius 3 is 2.83 bits per heavy atom. The molecule has 3 N–H and O–H groups in total. The largest absolute Gasteiger partial charge is 0.399 e. The van der Waals surface area contributed by atoms with Gasteiger partial charge < -0.3 is 15.6 Å². The van der Waals surface area contributed by atoms with Gasteiger partial charge in [0.2, 0.25) is 0 Å². The van der Waals surface area contributed by atoms with Crippen LogP contribution in [-0.2, 0) is 11.8 Å². The van der Waals surface area contributed by atoms with E-state index >= 15 is 0 Å². The van der Waals surface area contributed by atoms with Crippen molar-refractivity contribution < 1.29 is 4.79 Å². The van der Waals surface area contributed by atoms with Crippen LogP contribution in [0.15, 0.2) is 42.6 Å². The Labute approximate surface area is 134 Å². The standard InChI is InChI=1S/C19H17N3O/c1-11-3-6-18-14(7-11)12(10-22(18)2)8-16-15-9-13(20)4-5-17(15)21-19(16)23/h3-10H,20H2,1-2H3,(H,21,23)/b16-8-. The number of nitrogen functional groups attached to an aromatic ring is 1. The molecule has 0 aliphatic carbocycles. The van der Waals surface area contributed by atoms with E-state index in [0.717, 1.165) is 27.7 Å². The topological polar surface area (TPSA) is 60.1 Å². The van der Waals surface area contributed by atoms with E-state index in [4.69, 9.17) is 5.73 Å². The average molecular weight is 303 g/mol. The molecule has 0 bridgehead atoms. The third-order valence-electron chi connectivity index (χ3n) is 4.30. The Morgan fingerprint density at radius 2 is 2.00 bits per heavy atom. The van der Waals surface area contributed by atoms with Gasteiger partial charge in [0.1, 0.15) is 0 Å². The normalized spacial score (nSPS) is 15.2. The first-order valence-electron chi connectivity index (χ1n) is 7.51. The molecule has 3 aromatic rings. The summed E-state index contributed by atoms with van der Waals surface area (Å²) in [5, 5.41) is 4.04. The summed E-state index contributed by atoms with van der Waals surface area (Å²) in [6.07, 6.45) is 4.00. The number of nitrogens with two attached hydrogens (primary N) is 1. The highest BCUT2D eigenvalue weighted by Crippen LogP contribution is 2.35. The van der Waals surface area contributed by atoms with Crippen LogP contribution in [-0.4, -0.2) is 10.5 Å². The van der Waals surface area contributed by atoms with Crippen LogP contribution in [0.2, 0.25) is 0 Å². The van der Waals surface area contributed by atoms with Gasteiger partial charge in [0, 0.05) is 52.2 Å². The van der Waals surface area contributed by atoms with E-state index in [-0.39, 0.29) is 5.91 Å². The molecule has 4 nitrogen and oxygen atoms in total. The third kappa shape index (κ3) is 2.11. The van der Waals surface area contributed by atoms with E-state index in [0.29, 0.717) is 11.3 Å². The number of amides is 1. The van der Waals surface area contributed by atoms with Gasteiger partial charge in [0.25, 0.3) is 5.91 Å². The molecule has 0 atom stereocenters. The predicted octanol–water partition coefficient (Wildman–Crippen LogP) is 3.56. The lowest BCUT2D eigenvalue weighted by atomic mass is 10.0. The number of hydrogen-bond donors (Lipinski definition) is 2. The van der Waals surface area contributed by atoms with E-state index in [2.05, 4.69) is 41.2 Å². The maximum Gasteiger partial charge on any atom is 0.256 e. The molecule has 0 unspecified atom stereocenters. The van der Waals surface area contributed by atoms with Crippen LogP contribution in [0.1, 0.15) is 16.7 Å². The fourth-order valence-electron chi connectivity index (χ4n) is 3.16. The molecule has 0 spiro atoms. The van der Waals surface area contributed by atoms with E-state index < -0.39 is 0 Å². The van der Waals surface area contributed by atoms with Gasteiger partial charge in [-0.25, -0.2) is 0 Å². The number of benzene rings is 2. The molecule has 2 heterocycles. The molecule has 0 saturated carbocycles. The van der Waals surface area contributed by atoms with Crippen molar-refractivity contribution in [2.75, 3.05) is 11.1 Å². The number of nitrogens with zero attached hydrogens (tertiary/aromatic N) is 1. The summed E-state index contributed by atoms with van der Waals surface area (Å²) in [7, 11) is 2.01. The van der Waals surface area contributed by atoms with Crippen molar-refractivity contribution in [3.8, 4) is 0 Å². The van der Waals surface area contributed by atoms with Crippen molar-refractivity contribution in [2.45, 2.75) is 6.92 Å². The first-order valence-corrected chi connectivity index (χ1v) is 7.51. The van der Waals surface area contributed by atoms with Gasteiger partial charge in [-0.05, 0) is 43.3 Å². The van der Waals surface area contributed by atoms with Crippen molar-refractivity contribution in [3.63, 3.8) is 0 Å². The smallest absolute Gasteiger partial charge is 0.256 e. The van der Waals surface area contributed by atoms with Crippen molar-refractivity contribution >= 4 is 39.8 Å². The number of rotatable bonds is 1. The zero-order valence-electron chi connectivity index (χ0n) is 13.1. The second-order valence-corrected chi connectivity index (χ2v) is 6.03. The quantitative estimate of drug-likeness (QED) is 0.533. The van der Waals surface area contributed by atoms with Crippen LogP contribution in [0.5, 0.6) is 0 Å². The molecule has 1 aromatic heterocycles. The number of hydrogen-bond acceptors (Lipinski definition) is 2. The van der Waals surface area contributed by atoms with E-state index in [1.165, 1.54) is 5.56 Å². The van der Waals surface area contributed by atoms with E-state index in [1.54, 1.807) is 6.07 Å². The van der Waals surface area contributed by atoms with Crippen molar-refractivity contribution in [2.24, 2.45) is 7.05 Å². The first kappa shape index (κ1) is 13.6. The lowest BCUT2D eigenvalue weighted by Crippen LogP contribution is -2.03. The molecule has 0 saturated heterocycles. The van der Waals surface area contributed by atoms with Crippen LogP contribution in [0, 0.1) is 6.92 Å². The maximum absolute atomic E-state index is 12.3. The molecular weight excluding hydrogens is 286 g/mol. The molecule has 1 amide bonds. The Bertz CT molecular complexity index is 995. The Hall–Kier alpha value is -3.01. The molecule has 4 rings (SSSR count). The number of carbonyl (C=O) groups excluding carboxylic acids is 1. The van der Waals surface area contributed by atoms with Crippen LogP contribution in [0.4, 0.5) is 11.4 Å². The number of fused-ring (bicyclic) bond motifs is 2. The first-order chi connectivity index (χ1) is 11.0. The number of nitrogens with one attached hydrogen (secondary N) is 1. The predicted molar refractivity (Wildman–Crippen MR) is 95.0 cm³/mol. The fraction of sp³-hybridized carbons (Fsp3) is 0.105. The summed E-state index contributed by atoms with van der Waals surface area (Å²) in [6.45, 7) is 2.07. The lowest BCUT2D eigenvalue weighted by molar-refractivity contribution is -0.110. The van der Waals surface area contributed by atoms with Gasteiger partial charge in [-0.2, -0.15) is 0 Å². The molecular formula is C19H17N3O. The molecule has 1 aliphatic rings. The van der Waals surface area contributed by atoms with E-state index in [1.807, 2.05) is 25.3 Å². The molecule has 114 valence electrons. The Kier molecular flexibility index (Phi) is 2.81. The molecule has 4 heteroatoms. The summed E-state index contributed by atoms with van der Waals surface area (Å²) in [5.41, 5.74) is 12.2. The summed E-state index contributed by atoms with van der Waals surface area (Å²) < 4.78 is 2.08. The van der Waals surface area contributed by atoms with Crippen molar-refractivity contribution in [3.05, 3.63) is 59.3 Å². The Morgan fingerprint density at radius 1 is 1.17 bits per heavy atom. The number of aryl methyl sites for hydroxylation is 2. The van der Waals surface area contributed by atoms with Gasteiger partial charge >= 0.3 is 0 Å². The van der Waals surface area contributed by atoms with Gasteiger partial charge in [-0.3, -0.25) is 4.79 Å². The third-order valence-corrected chi connectivity index (χ3v) is 4.30. The minimum atomic E-state index is -0.0877. The van der Waals surface area contributed by atoms with Crippen molar-refractivity contribution in [1.82, 2.24) is 4.57 Å². The number of carbonyl (C=O) groups is 1. The maximum atomic E-state index is 12.3. The summed E-state index contributed by atoms with van der Waals surface area (Å²) in [6, 6.07) is 11.8. The monoisotopic (exact) mass is 303 g/mol. The highest BCUT2D eigenvalue weighted by molar-refractivity contribution is 6.35. The molecule has 0 radical (unpaired) electrons. The molecule has 23 heavy (non-hydrogen) atoms. The van der Waals surface area contributed by atoms with Crippen LogP contribution >= 0.6 is 0 Å². The molecule has 2 aromatic carbocycles. The SMILES string of the molecule is Cc1ccc2c(c1)c(/C=C1\C(=O)Nc3ccc(N)cc31)cn2C. The second-order valence-electron chi connectivity index (χ2n) is 6.03. The highest BCUT2D eigenvalue weighted by atomic mass is 16.2. The van der Waals surface area contributed by atoms with Crippen LogP contribution in [0.25, 0.3) is 22.6 Å². The van der Waals surface area contributed by atoms with Gasteiger partial charge in [-0.15, -0.1) is 0 Å². The average Bonchev–Trinajstić information content (AvgIpc) is 2.98. The fourth-order valence-corrected chi connectivity index (χ4v) is 3.16. The minimum Gasteiger partial charge on any atom is -0.399 e. The number of aromatic nitrogens is 1. The summed E-state index contributed by atoms with van der Waals surface area (Å²) in [4.78, 5) is 12.3. The van der Waals surface area contributed by atoms with Gasteiger partial charge in [0.15, 0.2) is 0 Å². The Balaban J connectivity index is 1.94. The number of anilines is 2. The van der Waals surface area contributed by atoms with Crippen molar-refractivity contribution in [1.29, 1.82) is 0 Å². The lowest BCUT2D eigenvalue weighted by Gasteiger charge is -2.00. The summed E-state index contributed by atoms with van der Waals surface area (Å²) in [5.74, 6) is -0.0877. The second kappa shape index (κ2) is 4.74. The molecule has 0 fully saturated rings. The van der Waals surface area contributed by atoms with Gasteiger partial charge in [0.05, 0.1) is 0 Å². The van der Waals surface area contributed by atoms with E-state index in [9.17, 15) is 4.79 Å². The summed E-state index contributed by atoms with van der Waals surface area (Å²) >= 11 is 0. The van der Waals surface area contributed by atoms with Gasteiger partial charge in [-0.1, -0.05) is 11.6 Å². The highest BCUT2D eigenvalue weighted by Gasteiger charge is 2.24. The van der Waals surface area contributed by atoms with Crippen LogP contribution in [0.3, 0.4) is 0 Å².